The van der Waals surface area contributed by atoms with Gasteiger partial charge >= 0.3 is 0 Å². The highest BCUT2D eigenvalue weighted by molar-refractivity contribution is 6.51. The molecule has 0 aromatic heterocycles. The Balaban J connectivity index is 1.84. The minimum Gasteiger partial charge on any atom is -0.507 e. The molecule has 0 radical (unpaired) electrons. The van der Waals surface area contributed by atoms with E-state index in [0.717, 1.165) is 12.0 Å². The first-order valence-electron chi connectivity index (χ1n) is 12.1. The van der Waals surface area contributed by atoms with Crippen LogP contribution in [0.3, 0.4) is 0 Å². The van der Waals surface area contributed by atoms with Gasteiger partial charge < -0.3 is 14.6 Å². The number of ether oxygens (including phenoxy) is 2. The summed E-state index contributed by atoms with van der Waals surface area (Å²) in [5, 5.41) is 11.4. The van der Waals surface area contributed by atoms with Crippen LogP contribution in [-0.2, 0) is 16.0 Å². The van der Waals surface area contributed by atoms with E-state index < -0.39 is 17.7 Å². The van der Waals surface area contributed by atoms with Crippen LogP contribution in [0.15, 0.2) is 78.4 Å². The highest BCUT2D eigenvalue weighted by Crippen LogP contribution is 2.44. The van der Waals surface area contributed by atoms with Gasteiger partial charge in [0.05, 0.1) is 25.3 Å². The molecule has 0 saturated carbocycles. The fraction of sp³-hybridized carbons (Fsp3) is 0.267. The number of aliphatic hydroxyl groups is 1. The second-order valence-corrected chi connectivity index (χ2v) is 9.16. The van der Waals surface area contributed by atoms with Crippen LogP contribution < -0.4 is 14.4 Å². The van der Waals surface area contributed by atoms with Gasteiger partial charge in [0.1, 0.15) is 17.3 Å². The number of aliphatic hydroxyl groups excluding tert-OH is 1. The number of hydrogen-bond acceptors (Lipinski definition) is 5. The maximum Gasteiger partial charge on any atom is 0.300 e. The molecule has 1 fully saturated rings. The first-order valence-corrected chi connectivity index (χ1v) is 12.1. The molecule has 36 heavy (non-hydrogen) atoms. The zero-order valence-corrected chi connectivity index (χ0v) is 21.0. The number of carbonyl (C=O) groups is 2. The summed E-state index contributed by atoms with van der Waals surface area (Å²) >= 11 is 0. The van der Waals surface area contributed by atoms with Gasteiger partial charge in [-0.15, -0.1) is 0 Å². The molecule has 1 unspecified atom stereocenters. The Morgan fingerprint density at radius 3 is 2.25 bits per heavy atom. The minimum absolute atomic E-state index is 0.0138. The van der Waals surface area contributed by atoms with Gasteiger partial charge in [-0.1, -0.05) is 51.1 Å². The average Bonchev–Trinajstić information content (AvgIpc) is 3.17. The third kappa shape index (κ3) is 4.85. The van der Waals surface area contributed by atoms with Crippen LogP contribution in [0.5, 0.6) is 11.5 Å². The van der Waals surface area contributed by atoms with Gasteiger partial charge in [-0.25, -0.2) is 0 Å². The molecule has 3 aromatic carbocycles. The first-order chi connectivity index (χ1) is 17.3. The standard InChI is InChI=1S/C30H31NO5/c1-5-20-10-14-22(15-11-20)31-27(24-8-6-7-9-25(24)35-4)26(29(33)30(31)34)28(32)21-12-16-23(17-13-21)36-18-19(2)3/h6-17,19,27,32H,5,18H2,1-4H3/b28-26-. The maximum atomic E-state index is 13.4. The molecule has 1 aliphatic heterocycles. The molecule has 1 heterocycles. The third-order valence-electron chi connectivity index (χ3n) is 6.21. The SMILES string of the molecule is CCc1ccc(N2C(=O)C(=O)/C(=C(\O)c3ccc(OCC(C)C)cc3)C2c2ccccc2OC)cc1. The number of methoxy groups -OCH3 is 1. The lowest BCUT2D eigenvalue weighted by atomic mass is 9.94. The second-order valence-electron chi connectivity index (χ2n) is 9.16. The minimum atomic E-state index is -0.856. The van der Waals surface area contributed by atoms with Crippen LogP contribution in [0.2, 0.25) is 0 Å². The Labute approximate surface area is 211 Å². The number of amides is 1. The Hall–Kier alpha value is -4.06. The zero-order chi connectivity index (χ0) is 25.8. The molecule has 1 N–H and O–H groups in total. The number of Topliss-reactive ketones (excluding diaryl/α,β-unsaturated/α-hetero) is 1. The van der Waals surface area contributed by atoms with Crippen LogP contribution in [0.1, 0.15) is 43.5 Å². The zero-order valence-electron chi connectivity index (χ0n) is 21.0. The molecule has 1 amide bonds. The van der Waals surface area contributed by atoms with Crippen molar-refractivity contribution in [3.63, 3.8) is 0 Å². The molecule has 0 bridgehead atoms. The summed E-state index contributed by atoms with van der Waals surface area (Å²) in [5.74, 6) is -0.133. The van der Waals surface area contributed by atoms with E-state index in [9.17, 15) is 14.7 Å². The van der Waals surface area contributed by atoms with Crippen LogP contribution in [-0.4, -0.2) is 30.5 Å². The van der Waals surface area contributed by atoms with E-state index in [1.54, 1.807) is 36.4 Å². The number of benzene rings is 3. The number of hydrogen-bond donors (Lipinski definition) is 1. The highest BCUT2D eigenvalue weighted by Gasteiger charge is 2.47. The topological polar surface area (TPSA) is 76.1 Å². The average molecular weight is 486 g/mol. The van der Waals surface area contributed by atoms with Crippen molar-refractivity contribution in [1.82, 2.24) is 0 Å². The number of nitrogens with zero attached hydrogens (tertiary/aromatic N) is 1. The lowest BCUT2D eigenvalue weighted by Gasteiger charge is -2.26. The molecule has 6 nitrogen and oxygen atoms in total. The van der Waals surface area contributed by atoms with E-state index in [-0.39, 0.29) is 11.3 Å². The van der Waals surface area contributed by atoms with Gasteiger partial charge in [-0.3, -0.25) is 14.5 Å². The summed E-state index contributed by atoms with van der Waals surface area (Å²) in [5.41, 5.74) is 2.73. The maximum absolute atomic E-state index is 13.4. The summed E-state index contributed by atoms with van der Waals surface area (Å²) < 4.78 is 11.3. The van der Waals surface area contributed by atoms with Gasteiger partial charge in [0, 0.05) is 16.8 Å². The van der Waals surface area contributed by atoms with Crippen molar-refractivity contribution in [2.75, 3.05) is 18.6 Å². The Bertz CT molecular complexity index is 1280. The quantitative estimate of drug-likeness (QED) is 0.244. The third-order valence-corrected chi connectivity index (χ3v) is 6.21. The molecule has 1 aliphatic rings. The fourth-order valence-electron chi connectivity index (χ4n) is 4.31. The molecule has 1 atom stereocenters. The Morgan fingerprint density at radius 1 is 0.972 bits per heavy atom. The van der Waals surface area contributed by atoms with E-state index >= 15 is 0 Å². The van der Waals surface area contributed by atoms with Gasteiger partial charge in [-0.2, -0.15) is 0 Å². The van der Waals surface area contributed by atoms with Gasteiger partial charge in [0.25, 0.3) is 11.7 Å². The number of aryl methyl sites for hydroxylation is 1. The normalized spacial score (nSPS) is 17.0. The van der Waals surface area contributed by atoms with Crippen LogP contribution in [0, 0.1) is 5.92 Å². The van der Waals surface area contributed by atoms with E-state index in [4.69, 9.17) is 9.47 Å². The van der Waals surface area contributed by atoms with Gasteiger partial charge in [-0.05, 0) is 60.4 Å². The molecular formula is C30H31NO5. The van der Waals surface area contributed by atoms with Crippen molar-refractivity contribution in [2.24, 2.45) is 5.92 Å². The highest BCUT2D eigenvalue weighted by atomic mass is 16.5. The van der Waals surface area contributed by atoms with Crippen molar-refractivity contribution in [2.45, 2.75) is 33.2 Å². The Morgan fingerprint density at radius 2 is 1.64 bits per heavy atom. The summed E-state index contributed by atoms with van der Waals surface area (Å²) in [7, 11) is 1.54. The van der Waals surface area contributed by atoms with Crippen molar-refractivity contribution in [3.8, 4) is 11.5 Å². The summed E-state index contributed by atoms with van der Waals surface area (Å²) in [6.07, 6.45) is 0.853. The molecule has 186 valence electrons. The van der Waals surface area contributed by atoms with Crippen LogP contribution in [0.4, 0.5) is 5.69 Å². The molecule has 6 heteroatoms. The monoisotopic (exact) mass is 485 g/mol. The van der Waals surface area contributed by atoms with E-state index in [1.165, 1.54) is 12.0 Å². The van der Waals surface area contributed by atoms with Crippen molar-refractivity contribution in [1.29, 1.82) is 0 Å². The van der Waals surface area contributed by atoms with E-state index in [0.29, 0.717) is 40.8 Å². The molecule has 0 spiro atoms. The number of ketones is 1. The molecule has 3 aromatic rings. The van der Waals surface area contributed by atoms with E-state index in [1.807, 2.05) is 36.4 Å². The predicted molar refractivity (Wildman–Crippen MR) is 140 cm³/mol. The lowest BCUT2D eigenvalue weighted by Crippen LogP contribution is -2.29. The van der Waals surface area contributed by atoms with E-state index in [2.05, 4.69) is 20.8 Å². The number of carbonyl (C=O) groups excluding carboxylic acids is 2. The summed E-state index contributed by atoms with van der Waals surface area (Å²) in [4.78, 5) is 28.2. The molecule has 1 saturated heterocycles. The second kappa shape index (κ2) is 10.7. The number of para-hydroxylation sites is 1. The molecular weight excluding hydrogens is 454 g/mol. The first kappa shape index (κ1) is 25.0. The molecule has 0 aliphatic carbocycles. The summed E-state index contributed by atoms with van der Waals surface area (Å²) in [6, 6.07) is 20.7. The lowest BCUT2D eigenvalue weighted by molar-refractivity contribution is -0.132. The predicted octanol–water partition coefficient (Wildman–Crippen LogP) is 5.92. The van der Waals surface area contributed by atoms with Crippen LogP contribution in [0.25, 0.3) is 5.76 Å². The largest absolute Gasteiger partial charge is 0.507 e. The van der Waals surface area contributed by atoms with Crippen molar-refractivity contribution >= 4 is 23.1 Å². The summed E-state index contributed by atoms with van der Waals surface area (Å²) in [6.45, 7) is 6.75. The van der Waals surface area contributed by atoms with Crippen LogP contribution >= 0.6 is 0 Å². The van der Waals surface area contributed by atoms with Crippen molar-refractivity contribution < 1.29 is 24.2 Å². The molecule has 4 rings (SSSR count). The van der Waals surface area contributed by atoms with Crippen molar-refractivity contribution in [3.05, 3.63) is 95.1 Å². The van der Waals surface area contributed by atoms with Gasteiger partial charge in [0.15, 0.2) is 0 Å². The van der Waals surface area contributed by atoms with Gasteiger partial charge in [0.2, 0.25) is 0 Å². The fourth-order valence-corrected chi connectivity index (χ4v) is 4.31. The number of rotatable bonds is 8. The Kier molecular flexibility index (Phi) is 7.44. The smallest absolute Gasteiger partial charge is 0.300 e. The number of anilines is 1.